The van der Waals surface area contributed by atoms with E-state index in [9.17, 15) is 4.79 Å². The number of aromatic nitrogens is 2. The van der Waals surface area contributed by atoms with Crippen LogP contribution in [0.3, 0.4) is 0 Å². The van der Waals surface area contributed by atoms with Crippen molar-refractivity contribution in [2.45, 2.75) is 13.8 Å². The molecule has 5 nitrogen and oxygen atoms in total. The zero-order valence-electron chi connectivity index (χ0n) is 13.9. The molecule has 1 aromatic heterocycles. The molecule has 3 aromatic rings. The van der Waals surface area contributed by atoms with Crippen LogP contribution < -0.4 is 10.1 Å². The fourth-order valence-corrected chi connectivity index (χ4v) is 2.57. The first-order valence-electron chi connectivity index (χ1n) is 7.67. The molecule has 1 amide bonds. The molecular weight excluding hydrogens is 302 g/mol. The van der Waals surface area contributed by atoms with Gasteiger partial charge in [0.1, 0.15) is 5.75 Å². The molecule has 0 aliphatic rings. The average molecular weight is 321 g/mol. The Morgan fingerprint density at radius 1 is 1.04 bits per heavy atom. The van der Waals surface area contributed by atoms with Gasteiger partial charge in [-0.25, -0.2) is 4.68 Å². The number of nitrogens with one attached hydrogen (secondary N) is 1. The summed E-state index contributed by atoms with van der Waals surface area (Å²) in [6.45, 7) is 3.83. The first-order valence-corrected chi connectivity index (χ1v) is 7.67. The summed E-state index contributed by atoms with van der Waals surface area (Å²) >= 11 is 0. The van der Waals surface area contributed by atoms with Gasteiger partial charge in [-0.1, -0.05) is 18.2 Å². The van der Waals surface area contributed by atoms with E-state index in [0.717, 1.165) is 28.5 Å². The number of nitrogens with zero attached hydrogens (tertiary/aromatic N) is 2. The van der Waals surface area contributed by atoms with Gasteiger partial charge < -0.3 is 10.1 Å². The van der Waals surface area contributed by atoms with Gasteiger partial charge in [-0.2, -0.15) is 5.10 Å². The summed E-state index contributed by atoms with van der Waals surface area (Å²) in [6.07, 6.45) is 0. The maximum Gasteiger partial charge on any atom is 0.255 e. The lowest BCUT2D eigenvalue weighted by Gasteiger charge is -2.08. The summed E-state index contributed by atoms with van der Waals surface area (Å²) in [7, 11) is 1.60. The van der Waals surface area contributed by atoms with Gasteiger partial charge in [-0.3, -0.25) is 4.79 Å². The molecule has 0 aliphatic heterocycles. The molecule has 0 radical (unpaired) electrons. The van der Waals surface area contributed by atoms with E-state index in [4.69, 9.17) is 4.74 Å². The highest BCUT2D eigenvalue weighted by Crippen LogP contribution is 2.23. The van der Waals surface area contributed by atoms with Crippen molar-refractivity contribution in [2.24, 2.45) is 0 Å². The molecule has 0 atom stereocenters. The largest absolute Gasteiger partial charge is 0.497 e. The molecule has 1 heterocycles. The number of hydrogen-bond donors (Lipinski definition) is 1. The average Bonchev–Trinajstić information content (AvgIpc) is 2.90. The highest BCUT2D eigenvalue weighted by atomic mass is 16.5. The lowest BCUT2D eigenvalue weighted by molar-refractivity contribution is 0.102. The Hall–Kier alpha value is -3.08. The van der Waals surface area contributed by atoms with E-state index >= 15 is 0 Å². The van der Waals surface area contributed by atoms with Gasteiger partial charge in [0, 0.05) is 5.56 Å². The minimum absolute atomic E-state index is 0.170. The molecular formula is C19H19N3O2. The van der Waals surface area contributed by atoms with Gasteiger partial charge in [0.25, 0.3) is 5.91 Å². The normalized spacial score (nSPS) is 10.5. The molecule has 0 aliphatic carbocycles. The number of carbonyl (C=O) groups excluding carboxylic acids is 1. The van der Waals surface area contributed by atoms with Gasteiger partial charge in [0.2, 0.25) is 0 Å². The minimum atomic E-state index is -0.170. The number of carbonyl (C=O) groups is 1. The van der Waals surface area contributed by atoms with Crippen molar-refractivity contribution >= 4 is 11.6 Å². The number of amides is 1. The zero-order valence-corrected chi connectivity index (χ0v) is 13.9. The Labute approximate surface area is 140 Å². The second-order valence-corrected chi connectivity index (χ2v) is 5.48. The maximum absolute atomic E-state index is 12.5. The summed E-state index contributed by atoms with van der Waals surface area (Å²) in [5, 5.41) is 7.50. The summed E-state index contributed by atoms with van der Waals surface area (Å²) in [6, 6.07) is 16.8. The molecule has 0 spiro atoms. The van der Waals surface area contributed by atoms with Crippen LogP contribution >= 0.6 is 0 Å². The van der Waals surface area contributed by atoms with Crippen molar-refractivity contribution < 1.29 is 9.53 Å². The molecule has 24 heavy (non-hydrogen) atoms. The van der Waals surface area contributed by atoms with Gasteiger partial charge in [0.15, 0.2) is 0 Å². The maximum atomic E-state index is 12.5. The number of rotatable bonds is 4. The SMILES string of the molecule is COc1ccc(C(=O)Nc2c(C)nn(-c3ccccc3)c2C)cc1. The second-order valence-electron chi connectivity index (χ2n) is 5.48. The van der Waals surface area contributed by atoms with E-state index in [-0.39, 0.29) is 5.91 Å². The Kier molecular flexibility index (Phi) is 4.33. The van der Waals surface area contributed by atoms with Crippen LogP contribution in [0.15, 0.2) is 54.6 Å². The third-order valence-corrected chi connectivity index (χ3v) is 3.88. The third-order valence-electron chi connectivity index (χ3n) is 3.88. The number of methoxy groups -OCH3 is 1. The van der Waals surface area contributed by atoms with Crippen LogP contribution in [-0.4, -0.2) is 22.8 Å². The van der Waals surface area contributed by atoms with Crippen LogP contribution in [-0.2, 0) is 0 Å². The Balaban J connectivity index is 1.87. The fourth-order valence-electron chi connectivity index (χ4n) is 2.57. The smallest absolute Gasteiger partial charge is 0.255 e. The summed E-state index contributed by atoms with van der Waals surface area (Å²) in [5.74, 6) is 0.548. The third kappa shape index (κ3) is 3.01. The monoisotopic (exact) mass is 321 g/mol. The van der Waals surface area contributed by atoms with Crippen LogP contribution in [0.2, 0.25) is 0 Å². The number of anilines is 1. The summed E-state index contributed by atoms with van der Waals surface area (Å²) < 4.78 is 6.95. The predicted octanol–water partition coefficient (Wildman–Crippen LogP) is 3.75. The highest BCUT2D eigenvalue weighted by molar-refractivity contribution is 6.05. The fraction of sp³-hybridized carbons (Fsp3) is 0.158. The quantitative estimate of drug-likeness (QED) is 0.796. The van der Waals surface area contributed by atoms with Crippen molar-refractivity contribution in [2.75, 3.05) is 12.4 Å². The van der Waals surface area contributed by atoms with Gasteiger partial charge in [0.05, 0.1) is 29.9 Å². The predicted molar refractivity (Wildman–Crippen MR) is 94.0 cm³/mol. The van der Waals surface area contributed by atoms with E-state index in [1.165, 1.54) is 0 Å². The van der Waals surface area contributed by atoms with Crippen LogP contribution in [0.1, 0.15) is 21.7 Å². The summed E-state index contributed by atoms with van der Waals surface area (Å²) in [4.78, 5) is 12.5. The molecule has 5 heteroatoms. The molecule has 0 saturated heterocycles. The molecule has 1 N–H and O–H groups in total. The van der Waals surface area contributed by atoms with Crippen molar-refractivity contribution in [3.63, 3.8) is 0 Å². The number of ether oxygens (including phenoxy) is 1. The molecule has 0 bridgehead atoms. The van der Waals surface area contributed by atoms with E-state index in [1.54, 1.807) is 31.4 Å². The number of aryl methyl sites for hydroxylation is 1. The molecule has 0 saturated carbocycles. The Bertz CT molecular complexity index is 852. The molecule has 122 valence electrons. The minimum Gasteiger partial charge on any atom is -0.497 e. The Morgan fingerprint density at radius 2 is 1.71 bits per heavy atom. The van der Waals surface area contributed by atoms with Crippen LogP contribution in [0.4, 0.5) is 5.69 Å². The van der Waals surface area contributed by atoms with Crippen molar-refractivity contribution in [1.82, 2.24) is 9.78 Å². The number of benzene rings is 2. The van der Waals surface area contributed by atoms with Crippen LogP contribution in [0.25, 0.3) is 5.69 Å². The van der Waals surface area contributed by atoms with Crippen LogP contribution in [0, 0.1) is 13.8 Å². The lowest BCUT2D eigenvalue weighted by Crippen LogP contribution is -2.13. The van der Waals surface area contributed by atoms with Gasteiger partial charge >= 0.3 is 0 Å². The standard InChI is InChI=1S/C19H19N3O2/c1-13-18(14(2)22(21-13)16-7-5-4-6-8-16)20-19(23)15-9-11-17(24-3)12-10-15/h4-12H,1-3H3,(H,20,23). The van der Waals surface area contributed by atoms with E-state index < -0.39 is 0 Å². The van der Waals surface area contributed by atoms with Gasteiger partial charge in [-0.05, 0) is 50.2 Å². The number of hydrogen-bond acceptors (Lipinski definition) is 3. The first-order chi connectivity index (χ1) is 11.6. The topological polar surface area (TPSA) is 56.1 Å². The lowest BCUT2D eigenvalue weighted by atomic mass is 10.2. The van der Waals surface area contributed by atoms with Crippen molar-refractivity contribution in [3.8, 4) is 11.4 Å². The van der Waals surface area contributed by atoms with Crippen LogP contribution in [0.5, 0.6) is 5.75 Å². The number of para-hydroxylation sites is 1. The van der Waals surface area contributed by atoms with E-state index in [1.807, 2.05) is 48.9 Å². The molecule has 3 rings (SSSR count). The van der Waals surface area contributed by atoms with Crippen molar-refractivity contribution in [3.05, 3.63) is 71.5 Å². The van der Waals surface area contributed by atoms with Gasteiger partial charge in [-0.15, -0.1) is 0 Å². The van der Waals surface area contributed by atoms with E-state index in [2.05, 4.69) is 10.4 Å². The Morgan fingerprint density at radius 3 is 2.33 bits per heavy atom. The molecule has 2 aromatic carbocycles. The van der Waals surface area contributed by atoms with Crippen molar-refractivity contribution in [1.29, 1.82) is 0 Å². The van der Waals surface area contributed by atoms with E-state index in [0.29, 0.717) is 5.56 Å². The highest BCUT2D eigenvalue weighted by Gasteiger charge is 2.16. The molecule has 0 fully saturated rings. The first kappa shape index (κ1) is 15.8. The molecule has 0 unspecified atom stereocenters. The summed E-state index contributed by atoms with van der Waals surface area (Å²) in [5.41, 5.74) is 3.93. The zero-order chi connectivity index (χ0) is 17.1. The second kappa shape index (κ2) is 6.58.